The van der Waals surface area contributed by atoms with Crippen LogP contribution in [0.2, 0.25) is 0 Å². The van der Waals surface area contributed by atoms with Gasteiger partial charge in [-0.15, -0.1) is 0 Å². The zero-order chi connectivity index (χ0) is 25.0. The van der Waals surface area contributed by atoms with Crippen LogP contribution in [-0.4, -0.2) is 31.5 Å². The van der Waals surface area contributed by atoms with Crippen molar-refractivity contribution in [1.82, 2.24) is 4.98 Å². The van der Waals surface area contributed by atoms with E-state index in [2.05, 4.69) is 10.3 Å². The minimum absolute atomic E-state index is 0.194. The van der Waals surface area contributed by atoms with Crippen molar-refractivity contribution in [2.45, 2.75) is 42.9 Å². The lowest BCUT2D eigenvalue weighted by Crippen LogP contribution is -2.23. The van der Waals surface area contributed by atoms with Crippen LogP contribution in [0, 0.1) is 5.92 Å². The second-order valence-electron chi connectivity index (χ2n) is 8.75. The zero-order valence-electron chi connectivity index (χ0n) is 19.3. The molecular formula is C25H27N3O5S2. The van der Waals surface area contributed by atoms with E-state index in [-0.39, 0.29) is 10.8 Å². The number of rotatable bonds is 9. The molecule has 1 saturated carbocycles. The highest BCUT2D eigenvalue weighted by molar-refractivity contribution is 7.90. The van der Waals surface area contributed by atoms with Crippen LogP contribution in [-0.2, 0) is 14.6 Å². The third-order valence-corrected chi connectivity index (χ3v) is 8.04. The van der Waals surface area contributed by atoms with Crippen LogP contribution in [0.1, 0.15) is 53.9 Å². The van der Waals surface area contributed by atoms with E-state index in [9.17, 15) is 18.0 Å². The van der Waals surface area contributed by atoms with Crippen molar-refractivity contribution in [1.29, 1.82) is 0 Å². The molecule has 0 radical (unpaired) electrons. The van der Waals surface area contributed by atoms with Gasteiger partial charge in [0, 0.05) is 11.8 Å². The van der Waals surface area contributed by atoms with E-state index in [1.165, 1.54) is 23.6 Å². The van der Waals surface area contributed by atoms with E-state index in [1.807, 2.05) is 0 Å². The summed E-state index contributed by atoms with van der Waals surface area (Å²) in [5, 5.41) is 3.73. The van der Waals surface area contributed by atoms with Crippen LogP contribution in [0.4, 0.5) is 5.13 Å². The predicted octanol–water partition coefficient (Wildman–Crippen LogP) is 4.74. The van der Waals surface area contributed by atoms with E-state index in [0.717, 1.165) is 37.5 Å². The first-order chi connectivity index (χ1) is 16.7. The molecule has 0 spiro atoms. The number of nitrogens with two attached hydrogens (primary N) is 1. The summed E-state index contributed by atoms with van der Waals surface area (Å²) in [4.78, 5) is 29.2. The van der Waals surface area contributed by atoms with Gasteiger partial charge in [-0.1, -0.05) is 55.2 Å². The molecule has 2 aromatic carbocycles. The molecule has 1 aliphatic rings. The van der Waals surface area contributed by atoms with Gasteiger partial charge in [0.05, 0.1) is 17.0 Å². The average molecular weight is 514 g/mol. The first kappa shape index (κ1) is 24.9. The van der Waals surface area contributed by atoms with E-state index >= 15 is 0 Å². The number of carbonyl (C=O) groups is 2. The molecule has 1 aliphatic carbocycles. The minimum Gasteiger partial charge on any atom is -0.445 e. The molecule has 0 unspecified atom stereocenters. The zero-order valence-corrected chi connectivity index (χ0v) is 20.9. The molecule has 0 saturated heterocycles. The lowest BCUT2D eigenvalue weighted by atomic mass is 9.87. The maximum Gasteiger partial charge on any atom is 0.248 e. The Morgan fingerprint density at radius 3 is 2.54 bits per heavy atom. The SMILES string of the molecule is CS(=O)(=O)c1ccc([C@@H](CC2CCCC2)C(=O)Nc2ncc(Oc3cccc(C(N)=O)c3)s2)cc1. The summed E-state index contributed by atoms with van der Waals surface area (Å²) < 4.78 is 29.4. The Hall–Kier alpha value is -3.24. The predicted molar refractivity (Wildman–Crippen MR) is 135 cm³/mol. The van der Waals surface area contributed by atoms with Gasteiger partial charge < -0.3 is 15.8 Å². The highest BCUT2D eigenvalue weighted by atomic mass is 32.2. The van der Waals surface area contributed by atoms with Crippen LogP contribution in [0.5, 0.6) is 10.8 Å². The summed E-state index contributed by atoms with van der Waals surface area (Å²) in [6.07, 6.45) is 7.86. The normalized spacial score (nSPS) is 15.0. The van der Waals surface area contributed by atoms with Gasteiger partial charge >= 0.3 is 0 Å². The Kier molecular flexibility index (Phi) is 7.51. The van der Waals surface area contributed by atoms with Crippen LogP contribution in [0.25, 0.3) is 0 Å². The van der Waals surface area contributed by atoms with Crippen LogP contribution >= 0.6 is 11.3 Å². The van der Waals surface area contributed by atoms with Crippen molar-refractivity contribution in [2.24, 2.45) is 11.7 Å². The average Bonchev–Trinajstić information content (AvgIpc) is 3.49. The number of benzene rings is 2. The number of nitrogens with one attached hydrogen (secondary N) is 1. The number of ether oxygens (including phenoxy) is 1. The smallest absolute Gasteiger partial charge is 0.248 e. The van der Waals surface area contributed by atoms with Gasteiger partial charge in [0.25, 0.3) is 0 Å². The van der Waals surface area contributed by atoms with Crippen molar-refractivity contribution in [3.05, 3.63) is 65.9 Å². The fourth-order valence-corrected chi connectivity index (χ4v) is 5.63. The minimum atomic E-state index is -3.32. The van der Waals surface area contributed by atoms with Gasteiger partial charge in [0.15, 0.2) is 15.0 Å². The molecule has 1 atom stereocenters. The number of thiazole rings is 1. The Labute approximate surface area is 208 Å². The standard InChI is InChI=1S/C25H27N3O5S2/c1-35(31,32)20-11-9-17(10-12-20)21(13-16-5-2-3-6-16)24(30)28-25-27-15-22(34-25)33-19-8-4-7-18(14-19)23(26)29/h4,7-12,14-16,21H,2-3,5-6,13H2,1H3,(H2,26,29)(H,27,28,30)/t21-/m1/s1. The lowest BCUT2D eigenvalue weighted by Gasteiger charge is -2.20. The number of nitrogens with zero attached hydrogens (tertiary/aromatic N) is 1. The number of carbonyl (C=O) groups excluding carboxylic acids is 2. The molecule has 3 aromatic rings. The number of hydrogen-bond acceptors (Lipinski definition) is 7. The van der Waals surface area contributed by atoms with E-state index in [0.29, 0.717) is 33.8 Å². The topological polar surface area (TPSA) is 128 Å². The second-order valence-corrected chi connectivity index (χ2v) is 11.8. The molecule has 1 fully saturated rings. The number of aromatic nitrogens is 1. The van der Waals surface area contributed by atoms with Crippen molar-refractivity contribution < 1.29 is 22.7 Å². The molecule has 10 heteroatoms. The number of amides is 2. The van der Waals surface area contributed by atoms with Crippen molar-refractivity contribution in [2.75, 3.05) is 11.6 Å². The monoisotopic (exact) mass is 513 g/mol. The molecule has 0 bridgehead atoms. The fourth-order valence-electron chi connectivity index (χ4n) is 4.31. The molecular weight excluding hydrogens is 486 g/mol. The van der Waals surface area contributed by atoms with Crippen molar-refractivity contribution >= 4 is 38.1 Å². The van der Waals surface area contributed by atoms with Gasteiger partial charge in [-0.3, -0.25) is 9.59 Å². The quantitative estimate of drug-likeness (QED) is 0.425. The summed E-state index contributed by atoms with van der Waals surface area (Å²) >= 11 is 1.17. The van der Waals surface area contributed by atoms with Gasteiger partial charge in [-0.2, -0.15) is 0 Å². The summed E-state index contributed by atoms with van der Waals surface area (Å²) in [5.41, 5.74) is 6.42. The summed E-state index contributed by atoms with van der Waals surface area (Å²) in [7, 11) is -3.32. The maximum absolute atomic E-state index is 13.3. The molecule has 8 nitrogen and oxygen atoms in total. The van der Waals surface area contributed by atoms with E-state index in [1.54, 1.807) is 42.5 Å². The molecule has 1 aromatic heterocycles. The molecule has 0 aliphatic heterocycles. The third-order valence-electron chi connectivity index (χ3n) is 6.12. The van der Waals surface area contributed by atoms with Crippen LogP contribution in [0.3, 0.4) is 0 Å². The Bertz CT molecular complexity index is 1310. The second kappa shape index (κ2) is 10.6. The Morgan fingerprint density at radius 2 is 1.89 bits per heavy atom. The first-order valence-corrected chi connectivity index (χ1v) is 14.0. The largest absolute Gasteiger partial charge is 0.445 e. The Morgan fingerprint density at radius 1 is 1.17 bits per heavy atom. The summed E-state index contributed by atoms with van der Waals surface area (Å²) in [6, 6.07) is 13.0. The van der Waals surface area contributed by atoms with Gasteiger partial charge in [-0.25, -0.2) is 13.4 Å². The summed E-state index contributed by atoms with van der Waals surface area (Å²) in [6.45, 7) is 0. The van der Waals surface area contributed by atoms with E-state index < -0.39 is 21.7 Å². The molecule has 184 valence electrons. The van der Waals surface area contributed by atoms with Gasteiger partial charge in [-0.05, 0) is 48.2 Å². The highest BCUT2D eigenvalue weighted by Gasteiger charge is 2.27. The molecule has 35 heavy (non-hydrogen) atoms. The number of anilines is 1. The fraction of sp³-hybridized carbons (Fsp3) is 0.320. The third kappa shape index (κ3) is 6.46. The van der Waals surface area contributed by atoms with Gasteiger partial charge in [0.1, 0.15) is 5.75 Å². The lowest BCUT2D eigenvalue weighted by molar-refractivity contribution is -0.118. The highest BCUT2D eigenvalue weighted by Crippen LogP contribution is 2.36. The van der Waals surface area contributed by atoms with Crippen molar-refractivity contribution in [3.63, 3.8) is 0 Å². The van der Waals surface area contributed by atoms with Crippen LogP contribution < -0.4 is 15.8 Å². The van der Waals surface area contributed by atoms with Crippen molar-refractivity contribution in [3.8, 4) is 10.8 Å². The maximum atomic E-state index is 13.3. The number of primary amides is 1. The molecule has 2 amide bonds. The number of sulfone groups is 1. The van der Waals surface area contributed by atoms with Crippen LogP contribution in [0.15, 0.2) is 59.6 Å². The molecule has 3 N–H and O–H groups in total. The Balaban J connectivity index is 1.49. The van der Waals surface area contributed by atoms with E-state index in [4.69, 9.17) is 10.5 Å². The number of hydrogen-bond donors (Lipinski definition) is 2. The molecule has 4 rings (SSSR count). The summed E-state index contributed by atoms with van der Waals surface area (Å²) in [5.74, 6) is -0.278. The van der Waals surface area contributed by atoms with Gasteiger partial charge in [0.2, 0.25) is 16.9 Å². The first-order valence-electron chi connectivity index (χ1n) is 11.3. The molecule has 1 heterocycles.